The minimum Gasteiger partial charge on any atom is -0.354 e. The highest BCUT2D eigenvalue weighted by molar-refractivity contribution is 5.85. The summed E-state index contributed by atoms with van der Waals surface area (Å²) < 4.78 is 0. The van der Waals surface area contributed by atoms with Crippen molar-refractivity contribution in [1.29, 1.82) is 0 Å². The van der Waals surface area contributed by atoms with Crippen molar-refractivity contribution in [2.75, 3.05) is 13.1 Å². The SMILES string of the molecule is Cl.NC(CC(=O)NCC(=O)NCCc1ccccc1)c1ccccc1. The fourth-order valence-electron chi connectivity index (χ4n) is 2.32. The van der Waals surface area contributed by atoms with E-state index in [-0.39, 0.29) is 43.2 Å². The van der Waals surface area contributed by atoms with E-state index in [9.17, 15) is 9.59 Å². The van der Waals surface area contributed by atoms with Gasteiger partial charge in [-0.3, -0.25) is 9.59 Å². The lowest BCUT2D eigenvalue weighted by Crippen LogP contribution is -2.38. The van der Waals surface area contributed by atoms with E-state index in [0.29, 0.717) is 6.54 Å². The van der Waals surface area contributed by atoms with Crippen molar-refractivity contribution in [2.24, 2.45) is 5.73 Å². The van der Waals surface area contributed by atoms with Gasteiger partial charge in [0, 0.05) is 19.0 Å². The van der Waals surface area contributed by atoms with Crippen LogP contribution >= 0.6 is 12.4 Å². The monoisotopic (exact) mass is 361 g/mol. The largest absolute Gasteiger partial charge is 0.354 e. The summed E-state index contributed by atoms with van der Waals surface area (Å²) in [6.45, 7) is 0.511. The first kappa shape index (κ1) is 20.7. The smallest absolute Gasteiger partial charge is 0.239 e. The number of halogens is 1. The molecule has 2 aromatic carbocycles. The van der Waals surface area contributed by atoms with Gasteiger partial charge in [-0.15, -0.1) is 12.4 Å². The van der Waals surface area contributed by atoms with Gasteiger partial charge in [-0.1, -0.05) is 60.7 Å². The molecule has 6 heteroatoms. The van der Waals surface area contributed by atoms with Gasteiger partial charge in [-0.25, -0.2) is 0 Å². The van der Waals surface area contributed by atoms with Crippen molar-refractivity contribution >= 4 is 24.2 Å². The van der Waals surface area contributed by atoms with Crippen LogP contribution in [0.3, 0.4) is 0 Å². The van der Waals surface area contributed by atoms with Gasteiger partial charge in [-0.05, 0) is 17.5 Å². The standard InChI is InChI=1S/C19H23N3O2.ClH/c20-17(16-9-5-2-6-10-16)13-18(23)22-14-19(24)21-12-11-15-7-3-1-4-8-15;/h1-10,17H,11-14,20H2,(H,21,24)(H,22,23);1H. The molecule has 0 aromatic heterocycles. The molecule has 2 amide bonds. The Bertz CT molecular complexity index is 650. The molecule has 0 aliphatic carbocycles. The maximum Gasteiger partial charge on any atom is 0.239 e. The second-order valence-electron chi connectivity index (χ2n) is 5.58. The fraction of sp³-hybridized carbons (Fsp3) is 0.263. The van der Waals surface area contributed by atoms with Gasteiger partial charge in [0.15, 0.2) is 0 Å². The third-order valence-electron chi connectivity index (χ3n) is 3.66. The van der Waals surface area contributed by atoms with Crippen LogP contribution in [0.4, 0.5) is 0 Å². The van der Waals surface area contributed by atoms with Gasteiger partial charge in [-0.2, -0.15) is 0 Å². The van der Waals surface area contributed by atoms with E-state index in [1.807, 2.05) is 60.7 Å². The van der Waals surface area contributed by atoms with Crippen LogP contribution in [0, 0.1) is 0 Å². The molecule has 0 heterocycles. The highest BCUT2D eigenvalue weighted by Crippen LogP contribution is 2.12. The first-order chi connectivity index (χ1) is 11.6. The first-order valence-corrected chi connectivity index (χ1v) is 8.03. The molecule has 5 nitrogen and oxygen atoms in total. The number of carbonyl (C=O) groups is 2. The average Bonchev–Trinajstić information content (AvgIpc) is 2.61. The lowest BCUT2D eigenvalue weighted by atomic mass is 10.0. The van der Waals surface area contributed by atoms with Crippen LogP contribution in [0.15, 0.2) is 60.7 Å². The van der Waals surface area contributed by atoms with Crippen LogP contribution in [-0.2, 0) is 16.0 Å². The maximum atomic E-state index is 11.9. The number of nitrogens with two attached hydrogens (primary N) is 1. The van der Waals surface area contributed by atoms with Crippen molar-refractivity contribution in [1.82, 2.24) is 10.6 Å². The van der Waals surface area contributed by atoms with Crippen molar-refractivity contribution in [3.05, 3.63) is 71.8 Å². The second-order valence-corrected chi connectivity index (χ2v) is 5.58. The molecule has 0 radical (unpaired) electrons. The van der Waals surface area contributed by atoms with Gasteiger partial charge < -0.3 is 16.4 Å². The second kappa shape index (κ2) is 11.2. The van der Waals surface area contributed by atoms with Crippen LogP contribution in [0.25, 0.3) is 0 Å². The fourth-order valence-corrected chi connectivity index (χ4v) is 2.32. The predicted molar refractivity (Wildman–Crippen MR) is 101 cm³/mol. The molecule has 0 saturated heterocycles. The molecule has 0 spiro atoms. The maximum absolute atomic E-state index is 11.9. The van der Waals surface area contributed by atoms with Gasteiger partial charge >= 0.3 is 0 Å². The van der Waals surface area contributed by atoms with Gasteiger partial charge in [0.2, 0.25) is 11.8 Å². The Morgan fingerprint density at radius 1 is 0.880 bits per heavy atom. The Kier molecular flexibility index (Phi) is 9.29. The molecular formula is C19H24ClN3O2. The van der Waals surface area contributed by atoms with Crippen LogP contribution < -0.4 is 16.4 Å². The molecular weight excluding hydrogens is 338 g/mol. The quantitative estimate of drug-likeness (QED) is 0.672. The van der Waals surface area contributed by atoms with Gasteiger partial charge in [0.25, 0.3) is 0 Å². The Hall–Kier alpha value is -2.37. The molecule has 0 bridgehead atoms. The number of benzene rings is 2. The molecule has 0 fully saturated rings. The van der Waals surface area contributed by atoms with E-state index in [2.05, 4.69) is 10.6 Å². The molecule has 4 N–H and O–H groups in total. The zero-order valence-corrected chi connectivity index (χ0v) is 14.8. The Labute approximate surface area is 154 Å². The summed E-state index contributed by atoms with van der Waals surface area (Å²) >= 11 is 0. The third-order valence-corrected chi connectivity index (χ3v) is 3.66. The van der Waals surface area contributed by atoms with E-state index in [0.717, 1.165) is 17.5 Å². The number of rotatable bonds is 8. The topological polar surface area (TPSA) is 84.2 Å². The van der Waals surface area contributed by atoms with Crippen LogP contribution in [-0.4, -0.2) is 24.9 Å². The number of carbonyl (C=O) groups excluding carboxylic acids is 2. The molecule has 1 unspecified atom stereocenters. The van der Waals surface area contributed by atoms with E-state index in [1.165, 1.54) is 0 Å². The minimum absolute atomic E-state index is 0. The lowest BCUT2D eigenvalue weighted by Gasteiger charge is -2.12. The zero-order chi connectivity index (χ0) is 17.2. The molecule has 25 heavy (non-hydrogen) atoms. The Morgan fingerprint density at radius 2 is 1.48 bits per heavy atom. The third kappa shape index (κ3) is 7.83. The van der Waals surface area contributed by atoms with E-state index in [1.54, 1.807) is 0 Å². The molecule has 0 saturated carbocycles. The summed E-state index contributed by atoms with van der Waals surface area (Å²) in [7, 11) is 0. The Balaban J connectivity index is 0.00000312. The summed E-state index contributed by atoms with van der Waals surface area (Å²) in [4.78, 5) is 23.6. The molecule has 2 rings (SSSR count). The highest BCUT2D eigenvalue weighted by atomic mass is 35.5. The van der Waals surface area contributed by atoms with Crippen LogP contribution in [0.2, 0.25) is 0 Å². The highest BCUT2D eigenvalue weighted by Gasteiger charge is 2.12. The van der Waals surface area contributed by atoms with Crippen molar-refractivity contribution in [3.8, 4) is 0 Å². The molecule has 2 aromatic rings. The predicted octanol–water partition coefficient (Wildman–Crippen LogP) is 1.97. The van der Waals surface area contributed by atoms with Crippen molar-refractivity contribution < 1.29 is 9.59 Å². The number of nitrogens with one attached hydrogen (secondary N) is 2. The average molecular weight is 362 g/mol. The summed E-state index contributed by atoms with van der Waals surface area (Å²) in [5.74, 6) is -0.433. The molecule has 0 aliphatic heterocycles. The number of hydrogen-bond donors (Lipinski definition) is 3. The zero-order valence-electron chi connectivity index (χ0n) is 14.0. The summed E-state index contributed by atoms with van der Waals surface area (Å²) in [5.41, 5.74) is 8.05. The van der Waals surface area contributed by atoms with Crippen molar-refractivity contribution in [2.45, 2.75) is 18.9 Å². The van der Waals surface area contributed by atoms with E-state index in [4.69, 9.17) is 5.73 Å². The summed E-state index contributed by atoms with van der Waals surface area (Å²) in [5, 5.41) is 5.39. The minimum atomic E-state index is -0.368. The molecule has 134 valence electrons. The van der Waals surface area contributed by atoms with Crippen molar-refractivity contribution in [3.63, 3.8) is 0 Å². The number of amides is 2. The number of hydrogen-bond acceptors (Lipinski definition) is 3. The van der Waals surface area contributed by atoms with Crippen LogP contribution in [0.5, 0.6) is 0 Å². The van der Waals surface area contributed by atoms with E-state index >= 15 is 0 Å². The molecule has 0 aliphatic rings. The first-order valence-electron chi connectivity index (χ1n) is 8.03. The van der Waals surface area contributed by atoms with Gasteiger partial charge in [0.05, 0.1) is 6.54 Å². The normalized spacial score (nSPS) is 11.1. The van der Waals surface area contributed by atoms with E-state index < -0.39 is 0 Å². The summed E-state index contributed by atoms with van der Waals surface area (Å²) in [6.07, 6.45) is 0.917. The summed E-state index contributed by atoms with van der Waals surface area (Å²) in [6, 6.07) is 19.0. The van der Waals surface area contributed by atoms with Crippen LogP contribution in [0.1, 0.15) is 23.6 Å². The molecule has 1 atom stereocenters. The Morgan fingerprint density at radius 3 is 2.12 bits per heavy atom. The van der Waals surface area contributed by atoms with Gasteiger partial charge in [0.1, 0.15) is 0 Å². The lowest BCUT2D eigenvalue weighted by molar-refractivity contribution is -0.126.